The Bertz CT molecular complexity index is 807. The molecule has 5 heteroatoms. The van der Waals surface area contributed by atoms with Gasteiger partial charge in [-0.2, -0.15) is 0 Å². The average molecular weight is 461 g/mol. The second-order valence-electron chi connectivity index (χ2n) is 10.5. The van der Waals surface area contributed by atoms with Gasteiger partial charge in [-0.15, -0.1) is 0 Å². The van der Waals surface area contributed by atoms with Crippen LogP contribution in [0.4, 0.5) is 8.78 Å². The molecule has 0 amide bonds. The second kappa shape index (κ2) is 11.0. The molecule has 0 aliphatic heterocycles. The van der Waals surface area contributed by atoms with Gasteiger partial charge in [0.1, 0.15) is 12.4 Å². The summed E-state index contributed by atoms with van der Waals surface area (Å²) in [5.74, 6) is 0.639. The summed E-state index contributed by atoms with van der Waals surface area (Å²) in [5.41, 5.74) is 0. The molecule has 3 fully saturated rings. The topological polar surface area (TPSA) is 35.5 Å². The van der Waals surface area contributed by atoms with Gasteiger partial charge in [-0.05, 0) is 68.1 Å². The van der Waals surface area contributed by atoms with Gasteiger partial charge < -0.3 is 9.47 Å². The molecule has 0 N–H and O–H groups in total. The Labute approximate surface area is 196 Å². The van der Waals surface area contributed by atoms with Crippen molar-refractivity contribution >= 4 is 5.97 Å². The van der Waals surface area contributed by atoms with Crippen LogP contribution < -0.4 is 9.47 Å². The molecule has 3 saturated carbocycles. The van der Waals surface area contributed by atoms with Gasteiger partial charge in [0.2, 0.25) is 0 Å². The molecule has 3 aliphatic rings. The lowest BCUT2D eigenvalue weighted by molar-refractivity contribution is -0.144. The number of rotatable bonds is 7. The van der Waals surface area contributed by atoms with Crippen LogP contribution in [-0.4, -0.2) is 12.6 Å². The predicted molar refractivity (Wildman–Crippen MR) is 125 cm³/mol. The average Bonchev–Trinajstić information content (AvgIpc) is 2.83. The highest BCUT2D eigenvalue weighted by atomic mass is 19.1. The third kappa shape index (κ3) is 5.60. The van der Waals surface area contributed by atoms with E-state index in [1.54, 1.807) is 0 Å². The van der Waals surface area contributed by atoms with Crippen LogP contribution in [-0.2, 0) is 4.79 Å². The number of carbonyl (C=O) groups is 1. The minimum absolute atomic E-state index is 0.000840. The summed E-state index contributed by atoms with van der Waals surface area (Å²) in [5, 5.41) is 0. The number of hydrogen-bond donors (Lipinski definition) is 0. The Balaban J connectivity index is 1.36. The fraction of sp³-hybridized carbons (Fsp3) is 0.679. The van der Waals surface area contributed by atoms with Crippen LogP contribution >= 0.6 is 0 Å². The maximum absolute atomic E-state index is 14.3. The molecule has 1 aromatic rings. The summed E-state index contributed by atoms with van der Waals surface area (Å²) < 4.78 is 39.1. The maximum atomic E-state index is 14.3. The highest BCUT2D eigenvalue weighted by Gasteiger charge is 2.43. The second-order valence-corrected chi connectivity index (χ2v) is 10.5. The van der Waals surface area contributed by atoms with E-state index in [9.17, 15) is 13.6 Å². The van der Waals surface area contributed by atoms with Crippen LogP contribution in [0.25, 0.3) is 0 Å². The van der Waals surface area contributed by atoms with Crippen molar-refractivity contribution in [2.75, 3.05) is 6.61 Å². The van der Waals surface area contributed by atoms with Gasteiger partial charge in [-0.25, -0.2) is 8.78 Å². The molecular weight excluding hydrogens is 422 g/mol. The molecule has 4 atom stereocenters. The minimum atomic E-state index is -0.875. The zero-order chi connectivity index (χ0) is 23.4. The molecule has 4 unspecified atom stereocenters. The zero-order valence-electron chi connectivity index (χ0n) is 19.9. The first kappa shape index (κ1) is 24.2. The maximum Gasteiger partial charge on any atom is 0.314 e. The van der Waals surface area contributed by atoms with E-state index in [0.29, 0.717) is 11.8 Å². The first-order valence-corrected chi connectivity index (χ1v) is 12.9. The molecule has 0 aromatic heterocycles. The number of hydrogen-bond acceptors (Lipinski definition) is 3. The van der Waals surface area contributed by atoms with E-state index in [1.165, 1.54) is 57.4 Å². The lowest BCUT2D eigenvalue weighted by Gasteiger charge is -2.46. The number of ether oxygens (including phenoxy) is 2. The summed E-state index contributed by atoms with van der Waals surface area (Å²) in [6, 6.07) is 2.06. The van der Waals surface area contributed by atoms with E-state index in [-0.39, 0.29) is 24.2 Å². The monoisotopic (exact) mass is 460 g/mol. The Morgan fingerprint density at radius 3 is 2.36 bits per heavy atom. The van der Waals surface area contributed by atoms with E-state index in [0.717, 1.165) is 49.1 Å². The van der Waals surface area contributed by atoms with Crippen LogP contribution in [0.15, 0.2) is 24.8 Å². The standard InChI is InChI=1S/C28H38F2O3/c1-3-14-32-27-25(29)16-22(17-26(27)30)33-28(31)24-7-5-6-21-15-20(12-13-23(21)24)19-10-8-18(4-2)9-11-19/h3,16-21,23-24H,1,4-15H2,2H3. The molecule has 182 valence electrons. The Morgan fingerprint density at radius 2 is 1.70 bits per heavy atom. The zero-order valence-corrected chi connectivity index (χ0v) is 19.9. The van der Waals surface area contributed by atoms with Gasteiger partial charge in [0, 0.05) is 12.1 Å². The van der Waals surface area contributed by atoms with Crippen molar-refractivity contribution in [3.05, 3.63) is 36.4 Å². The predicted octanol–water partition coefficient (Wildman–Crippen LogP) is 7.48. The lowest BCUT2D eigenvalue weighted by atomic mass is 9.59. The van der Waals surface area contributed by atoms with E-state index in [1.807, 2.05) is 0 Å². The lowest BCUT2D eigenvalue weighted by Crippen LogP contribution is -2.40. The third-order valence-electron chi connectivity index (χ3n) is 8.66. The van der Waals surface area contributed by atoms with Gasteiger partial charge in [0.05, 0.1) is 5.92 Å². The summed E-state index contributed by atoms with van der Waals surface area (Å²) >= 11 is 0. The summed E-state index contributed by atoms with van der Waals surface area (Å²) in [7, 11) is 0. The highest BCUT2D eigenvalue weighted by Crippen LogP contribution is 2.50. The summed E-state index contributed by atoms with van der Waals surface area (Å²) in [6.45, 7) is 5.78. The van der Waals surface area contributed by atoms with Gasteiger partial charge in [-0.1, -0.05) is 51.7 Å². The van der Waals surface area contributed by atoms with Gasteiger partial charge in [0.25, 0.3) is 0 Å². The number of esters is 1. The van der Waals surface area contributed by atoms with Crippen molar-refractivity contribution in [2.24, 2.45) is 35.5 Å². The number of benzene rings is 1. The van der Waals surface area contributed by atoms with E-state index in [4.69, 9.17) is 9.47 Å². The van der Waals surface area contributed by atoms with Crippen LogP contribution in [0.1, 0.15) is 77.6 Å². The molecule has 0 radical (unpaired) electrons. The molecule has 0 saturated heterocycles. The SMILES string of the molecule is C=CCOc1c(F)cc(OC(=O)C2CCCC3CC(C4CCC(CC)CC4)CCC32)cc1F. The van der Waals surface area contributed by atoms with Crippen molar-refractivity contribution in [2.45, 2.75) is 77.6 Å². The smallest absolute Gasteiger partial charge is 0.314 e. The van der Waals surface area contributed by atoms with Crippen molar-refractivity contribution in [1.29, 1.82) is 0 Å². The molecule has 0 bridgehead atoms. The Hall–Kier alpha value is -1.91. The summed E-state index contributed by atoms with van der Waals surface area (Å²) in [6.07, 6.45) is 14.7. The molecule has 1 aromatic carbocycles. The minimum Gasteiger partial charge on any atom is -0.483 e. The van der Waals surface area contributed by atoms with Crippen LogP contribution in [0.3, 0.4) is 0 Å². The molecule has 3 nitrogen and oxygen atoms in total. The molecule has 3 aliphatic carbocycles. The molecule has 0 heterocycles. The van der Waals surface area contributed by atoms with Crippen LogP contribution in [0.2, 0.25) is 0 Å². The number of carbonyl (C=O) groups excluding carboxylic acids is 1. The van der Waals surface area contributed by atoms with Gasteiger partial charge in [-0.3, -0.25) is 4.79 Å². The fourth-order valence-corrected chi connectivity index (χ4v) is 6.86. The highest BCUT2D eigenvalue weighted by molar-refractivity contribution is 5.75. The molecule has 0 spiro atoms. The van der Waals surface area contributed by atoms with Crippen LogP contribution in [0, 0.1) is 47.1 Å². The first-order valence-electron chi connectivity index (χ1n) is 12.9. The van der Waals surface area contributed by atoms with E-state index >= 15 is 0 Å². The molecule has 33 heavy (non-hydrogen) atoms. The third-order valence-corrected chi connectivity index (χ3v) is 8.66. The number of fused-ring (bicyclic) bond motifs is 1. The fourth-order valence-electron chi connectivity index (χ4n) is 6.86. The van der Waals surface area contributed by atoms with Crippen molar-refractivity contribution in [3.63, 3.8) is 0 Å². The normalized spacial score (nSPS) is 32.0. The first-order chi connectivity index (χ1) is 16.0. The van der Waals surface area contributed by atoms with E-state index in [2.05, 4.69) is 13.5 Å². The molecular formula is C28H38F2O3. The van der Waals surface area contributed by atoms with Crippen molar-refractivity contribution in [3.8, 4) is 11.5 Å². The van der Waals surface area contributed by atoms with E-state index < -0.39 is 17.4 Å². The Morgan fingerprint density at radius 1 is 1.00 bits per heavy atom. The van der Waals surface area contributed by atoms with Crippen molar-refractivity contribution in [1.82, 2.24) is 0 Å². The largest absolute Gasteiger partial charge is 0.483 e. The Kier molecular flexibility index (Phi) is 8.08. The summed E-state index contributed by atoms with van der Waals surface area (Å²) in [4.78, 5) is 13.0. The van der Waals surface area contributed by atoms with Gasteiger partial charge in [0.15, 0.2) is 17.4 Å². The van der Waals surface area contributed by atoms with Crippen molar-refractivity contribution < 1.29 is 23.0 Å². The number of halogens is 2. The molecule has 4 rings (SSSR count). The van der Waals surface area contributed by atoms with Crippen LogP contribution in [0.5, 0.6) is 11.5 Å². The quantitative estimate of drug-likeness (QED) is 0.240. The van der Waals surface area contributed by atoms with Gasteiger partial charge >= 0.3 is 5.97 Å².